The van der Waals surface area contributed by atoms with Crippen molar-refractivity contribution < 1.29 is 5.11 Å². The van der Waals surface area contributed by atoms with Crippen molar-refractivity contribution in [2.24, 2.45) is 52.1 Å². The van der Waals surface area contributed by atoms with Gasteiger partial charge in [0.15, 0.2) is 0 Å². The lowest BCUT2D eigenvalue weighted by molar-refractivity contribution is -0.168. The van der Waals surface area contributed by atoms with Crippen LogP contribution in [0.5, 0.6) is 0 Å². The lowest BCUT2D eigenvalue weighted by Crippen LogP contribution is -2.58. The van der Waals surface area contributed by atoms with Crippen LogP contribution in [0.2, 0.25) is 0 Å². The monoisotopic (exact) mass is 361 g/mol. The first-order valence-corrected chi connectivity index (χ1v) is 11.8. The quantitative estimate of drug-likeness (QED) is 0.709. The minimum absolute atomic E-state index is 0.0486. The summed E-state index contributed by atoms with van der Waals surface area (Å²) < 4.78 is 0. The van der Waals surface area contributed by atoms with Crippen molar-refractivity contribution in [2.45, 2.75) is 104 Å². The Bertz CT molecular complexity index is 520. The number of aliphatic hydroxyl groups is 1. The van der Waals surface area contributed by atoms with Crippen LogP contribution in [0.15, 0.2) is 0 Å². The molecule has 0 aromatic rings. The van der Waals surface area contributed by atoms with Crippen molar-refractivity contribution in [1.82, 2.24) is 0 Å². The standard InChI is InChI=1S/C24H43NO/c1-5-8-15(2)22-20(25)13-19-17-11-10-16-9-6-7-12-23(16,3)18(17)14-21(26)24(19,22)4/h15-22,26H,5-14,25H2,1-4H3/t15-,16?,17-,18+,19+,20?,21?,22+,23+,24-/m1/s1. The number of fused-ring (bicyclic) bond motifs is 5. The minimum Gasteiger partial charge on any atom is -0.393 e. The maximum Gasteiger partial charge on any atom is 0.0602 e. The average molecular weight is 362 g/mol. The highest BCUT2D eigenvalue weighted by Gasteiger charge is 2.65. The van der Waals surface area contributed by atoms with Gasteiger partial charge in [0, 0.05) is 11.5 Å². The Morgan fingerprint density at radius 3 is 2.58 bits per heavy atom. The van der Waals surface area contributed by atoms with Gasteiger partial charge in [-0.25, -0.2) is 0 Å². The summed E-state index contributed by atoms with van der Waals surface area (Å²) >= 11 is 0. The zero-order chi connectivity index (χ0) is 18.7. The topological polar surface area (TPSA) is 46.2 Å². The highest BCUT2D eigenvalue weighted by molar-refractivity contribution is 5.14. The molecule has 4 rings (SSSR count). The molecule has 3 N–H and O–H groups in total. The first-order valence-electron chi connectivity index (χ1n) is 11.8. The molecule has 0 radical (unpaired) electrons. The van der Waals surface area contributed by atoms with Gasteiger partial charge in [-0.15, -0.1) is 0 Å². The van der Waals surface area contributed by atoms with Gasteiger partial charge in [0.1, 0.15) is 0 Å². The first kappa shape index (κ1) is 19.2. The van der Waals surface area contributed by atoms with Crippen LogP contribution in [-0.2, 0) is 0 Å². The van der Waals surface area contributed by atoms with E-state index in [-0.39, 0.29) is 17.6 Å². The van der Waals surface area contributed by atoms with Gasteiger partial charge in [0.25, 0.3) is 0 Å². The third-order valence-corrected chi connectivity index (χ3v) is 10.2. The number of rotatable bonds is 3. The first-order chi connectivity index (χ1) is 12.3. The molecule has 2 heteroatoms. The number of nitrogens with two attached hydrogens (primary N) is 1. The van der Waals surface area contributed by atoms with E-state index in [1.165, 1.54) is 51.4 Å². The summed E-state index contributed by atoms with van der Waals surface area (Å²) in [6.45, 7) is 9.71. The van der Waals surface area contributed by atoms with Crippen molar-refractivity contribution in [3.8, 4) is 0 Å². The fourth-order valence-corrected chi connectivity index (χ4v) is 9.07. The summed E-state index contributed by atoms with van der Waals surface area (Å²) in [7, 11) is 0. The predicted octanol–water partition coefficient (Wildman–Crippen LogP) is 5.38. The zero-order valence-electron chi connectivity index (χ0n) is 17.7. The second-order valence-corrected chi connectivity index (χ2v) is 11.2. The van der Waals surface area contributed by atoms with Crippen LogP contribution in [-0.4, -0.2) is 17.3 Å². The van der Waals surface area contributed by atoms with E-state index in [1.54, 1.807) is 0 Å². The molecule has 0 amide bonds. The Morgan fingerprint density at radius 1 is 1.08 bits per heavy atom. The van der Waals surface area contributed by atoms with Gasteiger partial charge in [-0.3, -0.25) is 0 Å². The van der Waals surface area contributed by atoms with Crippen LogP contribution >= 0.6 is 0 Å². The van der Waals surface area contributed by atoms with Crippen LogP contribution in [0, 0.1) is 46.3 Å². The molecule has 0 heterocycles. The van der Waals surface area contributed by atoms with Gasteiger partial charge in [-0.05, 0) is 79.4 Å². The van der Waals surface area contributed by atoms with Crippen molar-refractivity contribution in [2.75, 3.05) is 0 Å². The van der Waals surface area contributed by atoms with Crippen LogP contribution < -0.4 is 5.73 Å². The SMILES string of the molecule is CCC[C@@H](C)[C@H]1C(N)C[C@H]2[C@@H]3CCC4CCCC[C@]4(C)[C@H]3CC(O)[C@]12C. The molecule has 0 saturated heterocycles. The second-order valence-electron chi connectivity index (χ2n) is 11.2. The molecule has 0 bridgehead atoms. The summed E-state index contributed by atoms with van der Waals surface area (Å²) in [4.78, 5) is 0. The molecule has 4 fully saturated rings. The van der Waals surface area contributed by atoms with Crippen LogP contribution in [0.3, 0.4) is 0 Å². The van der Waals surface area contributed by atoms with E-state index in [2.05, 4.69) is 27.7 Å². The number of hydrogen-bond donors (Lipinski definition) is 2. The molecule has 0 aromatic carbocycles. The Balaban J connectivity index is 1.66. The van der Waals surface area contributed by atoms with Gasteiger partial charge in [0.05, 0.1) is 6.10 Å². The summed E-state index contributed by atoms with van der Waals surface area (Å²) in [5.41, 5.74) is 7.33. The summed E-state index contributed by atoms with van der Waals surface area (Å²) in [6, 6.07) is 0.289. The molecule has 0 spiro atoms. The fourth-order valence-electron chi connectivity index (χ4n) is 9.07. The molecule has 4 aliphatic carbocycles. The van der Waals surface area contributed by atoms with Crippen molar-refractivity contribution >= 4 is 0 Å². The van der Waals surface area contributed by atoms with Gasteiger partial charge in [0.2, 0.25) is 0 Å². The Labute approximate surface area is 161 Å². The van der Waals surface area contributed by atoms with E-state index in [4.69, 9.17) is 5.73 Å². The highest BCUT2D eigenvalue weighted by atomic mass is 16.3. The molecule has 150 valence electrons. The molecule has 4 aliphatic rings. The molecule has 10 atom stereocenters. The van der Waals surface area contributed by atoms with E-state index in [1.807, 2.05) is 0 Å². The zero-order valence-corrected chi connectivity index (χ0v) is 17.7. The third-order valence-electron chi connectivity index (χ3n) is 10.2. The van der Waals surface area contributed by atoms with Gasteiger partial charge in [-0.2, -0.15) is 0 Å². The maximum absolute atomic E-state index is 11.5. The highest BCUT2D eigenvalue weighted by Crippen LogP contribution is 2.68. The summed E-state index contributed by atoms with van der Waals surface area (Å²) in [6.07, 6.45) is 13.1. The number of hydrogen-bond acceptors (Lipinski definition) is 2. The van der Waals surface area contributed by atoms with E-state index >= 15 is 0 Å². The van der Waals surface area contributed by atoms with E-state index in [0.29, 0.717) is 23.2 Å². The summed E-state index contributed by atoms with van der Waals surface area (Å²) in [5.74, 6) is 4.25. The lowest BCUT2D eigenvalue weighted by atomic mass is 9.44. The second kappa shape index (κ2) is 6.76. The molecular formula is C24H43NO. The molecule has 2 nitrogen and oxygen atoms in total. The lowest BCUT2D eigenvalue weighted by Gasteiger charge is -2.62. The van der Waals surface area contributed by atoms with Gasteiger partial charge < -0.3 is 10.8 Å². The van der Waals surface area contributed by atoms with Crippen LogP contribution in [0.25, 0.3) is 0 Å². The van der Waals surface area contributed by atoms with Crippen LogP contribution in [0.4, 0.5) is 0 Å². The molecule has 3 unspecified atom stereocenters. The van der Waals surface area contributed by atoms with E-state index in [9.17, 15) is 5.11 Å². The largest absolute Gasteiger partial charge is 0.393 e. The van der Waals surface area contributed by atoms with Gasteiger partial charge in [-0.1, -0.05) is 53.4 Å². The third kappa shape index (κ3) is 2.57. The molecular weight excluding hydrogens is 318 g/mol. The van der Waals surface area contributed by atoms with Crippen LogP contribution in [0.1, 0.15) is 91.9 Å². The Hall–Kier alpha value is -0.0800. The Kier molecular flexibility index (Phi) is 5.01. The molecule has 0 aromatic heterocycles. The van der Waals surface area contributed by atoms with Crippen molar-refractivity contribution in [3.63, 3.8) is 0 Å². The maximum atomic E-state index is 11.5. The smallest absolute Gasteiger partial charge is 0.0602 e. The van der Waals surface area contributed by atoms with Crippen molar-refractivity contribution in [3.05, 3.63) is 0 Å². The number of aliphatic hydroxyl groups excluding tert-OH is 1. The predicted molar refractivity (Wildman–Crippen MR) is 109 cm³/mol. The van der Waals surface area contributed by atoms with E-state index < -0.39 is 0 Å². The minimum atomic E-state index is -0.149. The fraction of sp³-hybridized carbons (Fsp3) is 1.00. The Morgan fingerprint density at radius 2 is 1.85 bits per heavy atom. The van der Waals surface area contributed by atoms with E-state index in [0.717, 1.165) is 30.6 Å². The molecule has 26 heavy (non-hydrogen) atoms. The average Bonchev–Trinajstić information content (AvgIpc) is 2.87. The summed E-state index contributed by atoms with van der Waals surface area (Å²) in [5, 5.41) is 11.5. The molecule has 4 saturated carbocycles. The molecule has 0 aliphatic heterocycles. The normalized spacial score (nSPS) is 54.9. The van der Waals surface area contributed by atoms with Crippen molar-refractivity contribution in [1.29, 1.82) is 0 Å². The van der Waals surface area contributed by atoms with Gasteiger partial charge >= 0.3 is 0 Å².